The number of rotatable bonds is 4. The van der Waals surface area contributed by atoms with E-state index in [4.69, 9.17) is 16.3 Å². The van der Waals surface area contributed by atoms with E-state index in [1.165, 1.54) is 4.90 Å². The lowest BCUT2D eigenvalue weighted by Crippen LogP contribution is -2.58. The molecule has 0 radical (unpaired) electrons. The van der Waals surface area contributed by atoms with Gasteiger partial charge in [0.05, 0.1) is 0 Å². The predicted molar refractivity (Wildman–Crippen MR) is 78.6 cm³/mol. The topological polar surface area (TPSA) is 66.8 Å². The number of carbonyl (C=O) groups excluding carboxylic acids is 1. The van der Waals surface area contributed by atoms with Gasteiger partial charge in [-0.2, -0.15) is 0 Å². The van der Waals surface area contributed by atoms with Crippen molar-refractivity contribution in [2.45, 2.75) is 31.7 Å². The second-order valence-corrected chi connectivity index (χ2v) is 5.76. The summed E-state index contributed by atoms with van der Waals surface area (Å²) >= 11 is 5.84. The molecule has 1 saturated heterocycles. The third-order valence-electron chi connectivity index (χ3n) is 3.81. The fourth-order valence-corrected chi connectivity index (χ4v) is 2.70. The largest absolute Gasteiger partial charge is 0.484 e. The molecule has 6 heteroatoms. The van der Waals surface area contributed by atoms with Crippen LogP contribution < -0.4 is 4.74 Å². The summed E-state index contributed by atoms with van der Waals surface area (Å²) in [5.74, 6) is -0.803. The Labute approximate surface area is 128 Å². The molecular formula is C15H18ClNO4. The van der Waals surface area contributed by atoms with Gasteiger partial charge in [0.15, 0.2) is 6.61 Å². The van der Waals surface area contributed by atoms with Crippen molar-refractivity contribution < 1.29 is 19.4 Å². The van der Waals surface area contributed by atoms with Gasteiger partial charge in [-0.25, -0.2) is 4.79 Å². The van der Waals surface area contributed by atoms with Crippen LogP contribution in [-0.4, -0.2) is 40.6 Å². The highest BCUT2D eigenvalue weighted by Gasteiger charge is 2.43. The Hall–Kier alpha value is -1.75. The summed E-state index contributed by atoms with van der Waals surface area (Å²) in [6, 6.07) is 6.75. The number of piperidine rings is 1. The summed E-state index contributed by atoms with van der Waals surface area (Å²) in [6.45, 7) is 1.84. The lowest BCUT2D eigenvalue weighted by Gasteiger charge is -2.41. The number of carboxylic acids is 1. The van der Waals surface area contributed by atoms with Crippen LogP contribution in [0.15, 0.2) is 24.3 Å². The number of ether oxygens (including phenoxy) is 1. The minimum absolute atomic E-state index is 0.191. The van der Waals surface area contributed by atoms with Gasteiger partial charge in [-0.3, -0.25) is 4.79 Å². The van der Waals surface area contributed by atoms with Gasteiger partial charge in [0.25, 0.3) is 5.91 Å². The standard InChI is InChI=1S/C15H18ClNO4/c1-15(14(19)20)7-2-3-8-17(15)13(18)10-21-12-6-4-5-11(16)9-12/h4-6,9H,2-3,7-8,10H2,1H3,(H,19,20). The smallest absolute Gasteiger partial charge is 0.329 e. The van der Waals surface area contributed by atoms with Crippen molar-refractivity contribution in [3.05, 3.63) is 29.3 Å². The Kier molecular flexibility index (Phi) is 4.73. The Balaban J connectivity index is 2.03. The fraction of sp³-hybridized carbons (Fsp3) is 0.467. The Bertz CT molecular complexity index is 548. The van der Waals surface area contributed by atoms with Crippen LogP contribution in [0.5, 0.6) is 5.75 Å². The lowest BCUT2D eigenvalue weighted by molar-refractivity contribution is -0.161. The maximum absolute atomic E-state index is 12.3. The highest BCUT2D eigenvalue weighted by molar-refractivity contribution is 6.30. The first-order valence-corrected chi connectivity index (χ1v) is 7.23. The molecule has 114 valence electrons. The molecule has 1 fully saturated rings. The van der Waals surface area contributed by atoms with Crippen LogP contribution in [0.2, 0.25) is 5.02 Å². The number of halogens is 1. The third kappa shape index (κ3) is 3.47. The summed E-state index contributed by atoms with van der Waals surface area (Å²) < 4.78 is 5.41. The number of nitrogens with zero attached hydrogens (tertiary/aromatic N) is 1. The molecule has 1 aliphatic heterocycles. The average Bonchev–Trinajstić information content (AvgIpc) is 2.45. The SMILES string of the molecule is CC1(C(=O)O)CCCCN1C(=O)COc1cccc(Cl)c1. The number of benzene rings is 1. The number of hydrogen-bond donors (Lipinski definition) is 1. The van der Waals surface area contributed by atoms with Gasteiger partial charge in [-0.1, -0.05) is 17.7 Å². The number of carbonyl (C=O) groups is 2. The minimum Gasteiger partial charge on any atom is -0.484 e. The molecule has 21 heavy (non-hydrogen) atoms. The molecule has 0 spiro atoms. The Morgan fingerprint density at radius 3 is 2.86 bits per heavy atom. The van der Waals surface area contributed by atoms with E-state index in [1.807, 2.05) is 0 Å². The first-order valence-electron chi connectivity index (χ1n) is 6.86. The molecule has 0 bridgehead atoms. The number of carboxylic acid groups (broad SMARTS) is 1. The number of likely N-dealkylation sites (tertiary alicyclic amines) is 1. The highest BCUT2D eigenvalue weighted by atomic mass is 35.5. The van der Waals surface area contributed by atoms with Crippen molar-refractivity contribution in [2.24, 2.45) is 0 Å². The second-order valence-electron chi connectivity index (χ2n) is 5.33. The Morgan fingerprint density at radius 1 is 1.43 bits per heavy atom. The first kappa shape index (κ1) is 15.6. The normalized spacial score (nSPS) is 21.9. The van der Waals surface area contributed by atoms with Gasteiger partial charge in [-0.05, 0) is 44.4 Å². The van der Waals surface area contributed by atoms with Gasteiger partial charge in [0.1, 0.15) is 11.3 Å². The fourth-order valence-electron chi connectivity index (χ4n) is 2.52. The van der Waals surface area contributed by atoms with E-state index in [9.17, 15) is 14.7 Å². The minimum atomic E-state index is -1.15. The number of aliphatic carboxylic acids is 1. The quantitative estimate of drug-likeness (QED) is 0.928. The van der Waals surface area contributed by atoms with Gasteiger partial charge in [0, 0.05) is 11.6 Å². The summed E-state index contributed by atoms with van der Waals surface area (Å²) in [5, 5.41) is 9.91. The lowest BCUT2D eigenvalue weighted by atomic mass is 9.88. The van der Waals surface area contributed by atoms with Gasteiger partial charge in [0.2, 0.25) is 0 Å². The third-order valence-corrected chi connectivity index (χ3v) is 4.05. The van der Waals surface area contributed by atoms with Gasteiger partial charge < -0.3 is 14.7 Å². The van der Waals surface area contributed by atoms with E-state index < -0.39 is 11.5 Å². The number of hydrogen-bond acceptors (Lipinski definition) is 3. The van der Waals surface area contributed by atoms with E-state index in [2.05, 4.69) is 0 Å². The molecule has 1 aliphatic rings. The molecule has 0 aliphatic carbocycles. The van der Waals surface area contributed by atoms with E-state index in [0.717, 1.165) is 12.8 Å². The van der Waals surface area contributed by atoms with E-state index in [0.29, 0.717) is 23.7 Å². The average molecular weight is 312 g/mol. The second kappa shape index (κ2) is 6.35. The molecule has 1 unspecified atom stereocenters. The van der Waals surface area contributed by atoms with Crippen molar-refractivity contribution in [1.29, 1.82) is 0 Å². The van der Waals surface area contributed by atoms with Gasteiger partial charge >= 0.3 is 5.97 Å². The van der Waals surface area contributed by atoms with Crippen molar-refractivity contribution in [2.75, 3.05) is 13.2 Å². The van der Waals surface area contributed by atoms with Crippen molar-refractivity contribution in [3.8, 4) is 5.75 Å². The summed E-state index contributed by atoms with van der Waals surface area (Å²) in [4.78, 5) is 25.1. The van der Waals surface area contributed by atoms with E-state index in [1.54, 1.807) is 31.2 Å². The molecule has 0 aromatic heterocycles. The maximum Gasteiger partial charge on any atom is 0.329 e. The van der Waals surface area contributed by atoms with Crippen molar-refractivity contribution in [3.63, 3.8) is 0 Å². The van der Waals surface area contributed by atoms with Crippen LogP contribution in [0, 0.1) is 0 Å². The first-order chi connectivity index (χ1) is 9.93. The zero-order chi connectivity index (χ0) is 15.5. The maximum atomic E-state index is 12.3. The van der Waals surface area contributed by atoms with Crippen LogP contribution in [0.3, 0.4) is 0 Å². The molecule has 1 aromatic rings. The molecular weight excluding hydrogens is 294 g/mol. The molecule has 1 atom stereocenters. The zero-order valence-corrected chi connectivity index (χ0v) is 12.6. The van der Waals surface area contributed by atoms with Crippen molar-refractivity contribution in [1.82, 2.24) is 4.90 Å². The molecule has 1 amide bonds. The monoisotopic (exact) mass is 311 g/mol. The molecule has 0 saturated carbocycles. The predicted octanol–water partition coefficient (Wildman–Crippen LogP) is 2.57. The summed E-state index contributed by atoms with van der Waals surface area (Å²) in [6.07, 6.45) is 2.08. The van der Waals surface area contributed by atoms with Crippen LogP contribution in [0.1, 0.15) is 26.2 Å². The van der Waals surface area contributed by atoms with Gasteiger partial charge in [-0.15, -0.1) is 0 Å². The number of amides is 1. The molecule has 5 nitrogen and oxygen atoms in total. The molecule has 1 heterocycles. The molecule has 2 rings (SSSR count). The van der Waals surface area contributed by atoms with E-state index in [-0.39, 0.29) is 12.5 Å². The van der Waals surface area contributed by atoms with Crippen LogP contribution >= 0.6 is 11.6 Å². The Morgan fingerprint density at radius 2 is 2.19 bits per heavy atom. The molecule has 1 aromatic carbocycles. The van der Waals surface area contributed by atoms with Crippen LogP contribution in [-0.2, 0) is 9.59 Å². The highest BCUT2D eigenvalue weighted by Crippen LogP contribution is 2.28. The molecule has 1 N–H and O–H groups in total. The van der Waals surface area contributed by atoms with E-state index >= 15 is 0 Å². The van der Waals surface area contributed by atoms with Crippen molar-refractivity contribution >= 4 is 23.5 Å². The zero-order valence-electron chi connectivity index (χ0n) is 11.8. The van der Waals surface area contributed by atoms with Crippen LogP contribution in [0.25, 0.3) is 0 Å². The summed E-state index contributed by atoms with van der Waals surface area (Å²) in [7, 11) is 0. The summed E-state index contributed by atoms with van der Waals surface area (Å²) in [5.41, 5.74) is -1.15. The van der Waals surface area contributed by atoms with Crippen LogP contribution in [0.4, 0.5) is 0 Å².